The predicted octanol–water partition coefficient (Wildman–Crippen LogP) is 2.16. The molecule has 4 nitrogen and oxygen atoms in total. The largest absolute Gasteiger partial charge is 0.481 e. The quantitative estimate of drug-likeness (QED) is 0.798. The molecule has 2 rings (SSSR count). The minimum Gasteiger partial charge on any atom is -0.481 e. The van der Waals surface area contributed by atoms with Crippen LogP contribution < -0.4 is 5.32 Å². The Labute approximate surface area is 112 Å². The summed E-state index contributed by atoms with van der Waals surface area (Å²) in [5, 5.41) is 11.5. The van der Waals surface area contributed by atoms with Crippen molar-refractivity contribution in [2.45, 2.75) is 38.5 Å². The molecule has 1 aliphatic heterocycles. The van der Waals surface area contributed by atoms with E-state index in [1.165, 1.54) is 0 Å². The molecule has 1 aromatic carbocycles. The zero-order chi connectivity index (χ0) is 13.7. The van der Waals surface area contributed by atoms with Gasteiger partial charge in [0.2, 0.25) is 0 Å². The van der Waals surface area contributed by atoms with E-state index in [0.717, 1.165) is 48.9 Å². The second-order valence-electron chi connectivity index (χ2n) is 4.95. The molecular weight excluding hydrogens is 242 g/mol. The van der Waals surface area contributed by atoms with Gasteiger partial charge in [0.1, 0.15) is 0 Å². The van der Waals surface area contributed by atoms with Crippen molar-refractivity contribution >= 4 is 11.9 Å². The van der Waals surface area contributed by atoms with E-state index in [1.807, 2.05) is 12.1 Å². The van der Waals surface area contributed by atoms with Crippen molar-refractivity contribution in [3.05, 3.63) is 34.9 Å². The third kappa shape index (κ3) is 3.81. The molecule has 4 heteroatoms. The first-order valence-corrected chi connectivity index (χ1v) is 6.78. The van der Waals surface area contributed by atoms with Crippen LogP contribution in [0.15, 0.2) is 18.2 Å². The predicted molar refractivity (Wildman–Crippen MR) is 72.3 cm³/mol. The number of amides is 1. The van der Waals surface area contributed by atoms with E-state index in [1.54, 1.807) is 0 Å². The lowest BCUT2D eigenvalue weighted by atomic mass is 9.98. The van der Waals surface area contributed by atoms with Gasteiger partial charge in [-0.25, -0.2) is 0 Å². The molecule has 1 amide bonds. The number of aryl methyl sites for hydroxylation is 2. The first-order valence-electron chi connectivity index (χ1n) is 6.78. The van der Waals surface area contributed by atoms with E-state index in [9.17, 15) is 9.59 Å². The van der Waals surface area contributed by atoms with Gasteiger partial charge < -0.3 is 10.4 Å². The van der Waals surface area contributed by atoms with Crippen LogP contribution in [-0.4, -0.2) is 23.5 Å². The van der Waals surface area contributed by atoms with Crippen molar-refractivity contribution in [2.75, 3.05) is 6.54 Å². The maximum absolute atomic E-state index is 11.9. The molecule has 2 N–H and O–H groups in total. The second-order valence-corrected chi connectivity index (χ2v) is 4.95. The van der Waals surface area contributed by atoms with Gasteiger partial charge >= 0.3 is 5.97 Å². The highest BCUT2D eigenvalue weighted by Crippen LogP contribution is 2.18. The van der Waals surface area contributed by atoms with Crippen molar-refractivity contribution in [1.82, 2.24) is 5.32 Å². The molecule has 0 atom stereocenters. The van der Waals surface area contributed by atoms with E-state index in [2.05, 4.69) is 11.4 Å². The van der Waals surface area contributed by atoms with Crippen molar-refractivity contribution in [3.63, 3.8) is 0 Å². The molecule has 1 heterocycles. The van der Waals surface area contributed by atoms with Crippen LogP contribution >= 0.6 is 0 Å². The number of benzene rings is 1. The monoisotopic (exact) mass is 261 g/mol. The van der Waals surface area contributed by atoms with Crippen LogP contribution in [0.3, 0.4) is 0 Å². The number of fused-ring (bicyclic) bond motifs is 1. The van der Waals surface area contributed by atoms with Gasteiger partial charge in [-0.3, -0.25) is 9.59 Å². The molecule has 1 aromatic rings. The van der Waals surface area contributed by atoms with E-state index in [4.69, 9.17) is 5.11 Å². The minimum atomic E-state index is -0.749. The van der Waals surface area contributed by atoms with Gasteiger partial charge in [-0.2, -0.15) is 0 Å². The van der Waals surface area contributed by atoms with Crippen LogP contribution in [0.25, 0.3) is 0 Å². The average molecular weight is 261 g/mol. The molecule has 0 aliphatic carbocycles. The molecule has 0 fully saturated rings. The van der Waals surface area contributed by atoms with Gasteiger partial charge in [0.15, 0.2) is 0 Å². The van der Waals surface area contributed by atoms with Crippen LogP contribution in [0.5, 0.6) is 0 Å². The van der Waals surface area contributed by atoms with E-state index in [0.29, 0.717) is 6.42 Å². The van der Waals surface area contributed by atoms with Crippen LogP contribution in [0.1, 0.15) is 47.2 Å². The third-order valence-corrected chi connectivity index (χ3v) is 3.43. The van der Waals surface area contributed by atoms with Gasteiger partial charge in [0.05, 0.1) is 0 Å². The first kappa shape index (κ1) is 13.6. The standard InChI is InChI=1S/C15H19NO3/c17-14(18)6-2-1-4-11-7-8-12-5-3-9-16-15(19)13(12)10-11/h7-8,10H,1-6,9H2,(H,16,19)(H,17,18). The Bertz CT molecular complexity index is 482. The van der Waals surface area contributed by atoms with Crippen molar-refractivity contribution in [2.24, 2.45) is 0 Å². The highest BCUT2D eigenvalue weighted by molar-refractivity contribution is 5.96. The summed E-state index contributed by atoms with van der Waals surface area (Å²) in [6.07, 6.45) is 4.48. The number of hydrogen-bond donors (Lipinski definition) is 2. The fraction of sp³-hybridized carbons (Fsp3) is 0.467. The van der Waals surface area contributed by atoms with Gasteiger partial charge in [0, 0.05) is 18.5 Å². The number of carboxylic acids is 1. The lowest BCUT2D eigenvalue weighted by molar-refractivity contribution is -0.137. The number of carbonyl (C=O) groups is 2. The summed E-state index contributed by atoms with van der Waals surface area (Å²) < 4.78 is 0. The summed E-state index contributed by atoms with van der Waals surface area (Å²) in [6, 6.07) is 6.04. The Hall–Kier alpha value is -1.84. The number of aliphatic carboxylic acids is 1. The zero-order valence-corrected chi connectivity index (χ0v) is 10.9. The highest BCUT2D eigenvalue weighted by atomic mass is 16.4. The molecule has 0 saturated carbocycles. The van der Waals surface area contributed by atoms with Crippen molar-refractivity contribution in [1.29, 1.82) is 0 Å². The van der Waals surface area contributed by atoms with Crippen LogP contribution in [0.4, 0.5) is 0 Å². The summed E-state index contributed by atoms with van der Waals surface area (Å²) in [7, 11) is 0. The Morgan fingerprint density at radius 3 is 2.95 bits per heavy atom. The molecule has 0 saturated heterocycles. The SMILES string of the molecule is O=C(O)CCCCc1ccc2c(c1)C(=O)NCCC2. The van der Waals surface area contributed by atoms with E-state index >= 15 is 0 Å². The molecule has 0 bridgehead atoms. The van der Waals surface area contributed by atoms with Crippen molar-refractivity contribution < 1.29 is 14.7 Å². The molecule has 0 unspecified atom stereocenters. The molecule has 0 aromatic heterocycles. The number of unbranched alkanes of at least 4 members (excludes halogenated alkanes) is 1. The summed E-state index contributed by atoms with van der Waals surface area (Å²) in [4.78, 5) is 22.3. The maximum atomic E-state index is 11.9. The van der Waals surface area contributed by atoms with E-state index < -0.39 is 5.97 Å². The highest BCUT2D eigenvalue weighted by Gasteiger charge is 2.15. The summed E-state index contributed by atoms with van der Waals surface area (Å²) >= 11 is 0. The first-order chi connectivity index (χ1) is 9.16. The Morgan fingerprint density at radius 1 is 1.32 bits per heavy atom. The molecule has 1 aliphatic rings. The number of carboxylic acid groups (broad SMARTS) is 1. The second kappa shape index (κ2) is 6.36. The fourth-order valence-corrected chi connectivity index (χ4v) is 2.39. The normalized spacial score (nSPS) is 14.4. The summed E-state index contributed by atoms with van der Waals surface area (Å²) in [5.74, 6) is -0.735. The molecule has 0 radical (unpaired) electrons. The van der Waals surface area contributed by atoms with Gasteiger partial charge in [0.25, 0.3) is 5.91 Å². The fourth-order valence-electron chi connectivity index (χ4n) is 2.39. The molecule has 19 heavy (non-hydrogen) atoms. The van der Waals surface area contributed by atoms with Crippen LogP contribution in [-0.2, 0) is 17.6 Å². The lowest BCUT2D eigenvalue weighted by Gasteiger charge is -2.07. The Kier molecular flexibility index (Phi) is 4.55. The van der Waals surface area contributed by atoms with E-state index in [-0.39, 0.29) is 12.3 Å². The Morgan fingerprint density at radius 2 is 2.16 bits per heavy atom. The summed E-state index contributed by atoms with van der Waals surface area (Å²) in [5.41, 5.74) is 3.01. The summed E-state index contributed by atoms with van der Waals surface area (Å²) in [6.45, 7) is 0.738. The lowest BCUT2D eigenvalue weighted by Crippen LogP contribution is -2.22. The van der Waals surface area contributed by atoms with Gasteiger partial charge in [-0.1, -0.05) is 12.1 Å². The number of hydrogen-bond acceptors (Lipinski definition) is 2. The molecule has 0 spiro atoms. The molecular formula is C15H19NO3. The zero-order valence-electron chi connectivity index (χ0n) is 10.9. The topological polar surface area (TPSA) is 66.4 Å². The minimum absolute atomic E-state index is 0.0138. The van der Waals surface area contributed by atoms with Crippen LogP contribution in [0.2, 0.25) is 0 Å². The third-order valence-electron chi connectivity index (χ3n) is 3.43. The van der Waals surface area contributed by atoms with Crippen molar-refractivity contribution in [3.8, 4) is 0 Å². The average Bonchev–Trinajstić information content (AvgIpc) is 2.57. The van der Waals surface area contributed by atoms with Gasteiger partial charge in [-0.15, -0.1) is 0 Å². The number of nitrogens with one attached hydrogen (secondary N) is 1. The van der Waals surface area contributed by atoms with Gasteiger partial charge in [-0.05, 0) is 49.3 Å². The van der Waals surface area contributed by atoms with Crippen LogP contribution in [0, 0.1) is 0 Å². The molecule has 102 valence electrons. The Balaban J connectivity index is 1.99. The maximum Gasteiger partial charge on any atom is 0.303 e. The number of carbonyl (C=O) groups excluding carboxylic acids is 1. The smallest absolute Gasteiger partial charge is 0.303 e. The number of rotatable bonds is 5.